The van der Waals surface area contributed by atoms with Crippen LogP contribution in [0.1, 0.15) is 23.5 Å². The molecule has 1 aromatic carbocycles. The van der Waals surface area contributed by atoms with Gasteiger partial charge in [0.15, 0.2) is 0 Å². The zero-order valence-electron chi connectivity index (χ0n) is 13.6. The number of anilines is 1. The van der Waals surface area contributed by atoms with Gasteiger partial charge in [-0.05, 0) is 32.4 Å². The highest BCUT2D eigenvalue weighted by molar-refractivity contribution is 5.93. The summed E-state index contributed by atoms with van der Waals surface area (Å²) in [5, 5.41) is 3.78. The molecule has 0 radical (unpaired) electrons. The van der Waals surface area contributed by atoms with Gasteiger partial charge in [0.05, 0.1) is 17.4 Å². The van der Waals surface area contributed by atoms with Gasteiger partial charge < -0.3 is 10.3 Å². The molecule has 3 aromatic rings. The van der Waals surface area contributed by atoms with Crippen molar-refractivity contribution in [3.8, 4) is 0 Å². The Bertz CT molecular complexity index is 963. The molecule has 0 aliphatic carbocycles. The highest BCUT2D eigenvalue weighted by Crippen LogP contribution is 2.16. The second kappa shape index (κ2) is 6.62. The highest BCUT2D eigenvalue weighted by atomic mass is 16.1. The van der Waals surface area contributed by atoms with E-state index in [0.717, 1.165) is 10.9 Å². The van der Waals surface area contributed by atoms with E-state index in [2.05, 4.69) is 20.3 Å². The van der Waals surface area contributed by atoms with E-state index < -0.39 is 0 Å². The number of benzene rings is 1. The Labute approximate surface area is 139 Å². The number of fused-ring (bicyclic) bond motifs is 1. The topological polar surface area (TPSA) is 87.7 Å². The summed E-state index contributed by atoms with van der Waals surface area (Å²) in [6.45, 7) is 3.51. The van der Waals surface area contributed by atoms with E-state index in [-0.39, 0.29) is 17.9 Å². The van der Waals surface area contributed by atoms with E-state index in [0.29, 0.717) is 29.2 Å². The number of hydrogen-bond acceptors (Lipinski definition) is 4. The normalized spacial score (nSPS) is 10.8. The minimum Gasteiger partial charge on any atom is -0.325 e. The number of rotatable bonds is 4. The molecule has 0 unspecified atom stereocenters. The van der Waals surface area contributed by atoms with Gasteiger partial charge >= 0.3 is 0 Å². The molecule has 0 bridgehead atoms. The number of para-hydroxylation sites is 1. The fourth-order valence-corrected chi connectivity index (χ4v) is 2.65. The average Bonchev–Trinajstić information content (AvgIpc) is 2.53. The molecule has 0 saturated heterocycles. The zero-order chi connectivity index (χ0) is 17.1. The fourth-order valence-electron chi connectivity index (χ4n) is 2.65. The molecule has 0 saturated carbocycles. The number of nitrogens with one attached hydrogen (secondary N) is 2. The largest absolute Gasteiger partial charge is 0.325 e. The Morgan fingerprint density at radius 2 is 2.04 bits per heavy atom. The predicted octanol–water partition coefficient (Wildman–Crippen LogP) is 2.51. The first-order chi connectivity index (χ1) is 11.5. The van der Waals surface area contributed by atoms with Crippen molar-refractivity contribution >= 4 is 22.5 Å². The minimum absolute atomic E-state index is 0.161. The summed E-state index contributed by atoms with van der Waals surface area (Å²) in [7, 11) is 0. The molecule has 24 heavy (non-hydrogen) atoms. The van der Waals surface area contributed by atoms with Crippen LogP contribution in [0.25, 0.3) is 10.9 Å². The molecule has 6 nitrogen and oxygen atoms in total. The molecule has 2 heterocycles. The van der Waals surface area contributed by atoms with E-state index in [1.807, 2.05) is 30.3 Å². The number of H-pyrrole nitrogens is 1. The number of nitrogens with zero attached hydrogens (tertiary/aromatic N) is 2. The van der Waals surface area contributed by atoms with Crippen molar-refractivity contribution in [3.63, 3.8) is 0 Å². The summed E-state index contributed by atoms with van der Waals surface area (Å²) in [4.78, 5) is 35.3. The van der Waals surface area contributed by atoms with Crippen LogP contribution in [0.3, 0.4) is 0 Å². The zero-order valence-corrected chi connectivity index (χ0v) is 13.6. The molecule has 6 heteroatoms. The third-order valence-electron chi connectivity index (χ3n) is 3.82. The Morgan fingerprint density at radius 3 is 2.83 bits per heavy atom. The van der Waals surface area contributed by atoms with Crippen LogP contribution < -0.4 is 10.9 Å². The predicted molar refractivity (Wildman–Crippen MR) is 93.0 cm³/mol. The third-order valence-corrected chi connectivity index (χ3v) is 3.82. The Morgan fingerprint density at radius 1 is 1.25 bits per heavy atom. The number of aryl methyl sites for hydroxylation is 2. The monoisotopic (exact) mass is 322 g/mol. The van der Waals surface area contributed by atoms with E-state index in [4.69, 9.17) is 0 Å². The Hall–Kier alpha value is -3.02. The molecular weight excluding hydrogens is 304 g/mol. The molecule has 2 aromatic heterocycles. The summed E-state index contributed by atoms with van der Waals surface area (Å²) < 4.78 is 0. The van der Waals surface area contributed by atoms with E-state index in [1.165, 1.54) is 0 Å². The van der Waals surface area contributed by atoms with Gasteiger partial charge in [-0.1, -0.05) is 18.2 Å². The number of amides is 1. The number of carbonyl (C=O) groups is 1. The highest BCUT2D eigenvalue weighted by Gasteiger charge is 2.10. The summed E-state index contributed by atoms with van der Waals surface area (Å²) in [6, 6.07) is 9.59. The molecule has 1 amide bonds. The van der Waals surface area contributed by atoms with Gasteiger partial charge in [-0.25, -0.2) is 4.98 Å². The van der Waals surface area contributed by atoms with Crippen LogP contribution in [0, 0.1) is 13.8 Å². The standard InChI is InChI=1S/C18H18N4O2/c1-11-15(18(24)21-12(2)20-11)7-8-17(23)22-14-9-13-5-3-4-6-16(13)19-10-14/h3-6,9-10H,7-8H2,1-2H3,(H,22,23)(H,20,21,24). The van der Waals surface area contributed by atoms with Crippen molar-refractivity contribution in [2.45, 2.75) is 26.7 Å². The molecule has 3 rings (SSSR count). The first-order valence-electron chi connectivity index (χ1n) is 7.74. The second-order valence-corrected chi connectivity index (χ2v) is 5.68. The van der Waals surface area contributed by atoms with Crippen molar-refractivity contribution in [1.29, 1.82) is 0 Å². The van der Waals surface area contributed by atoms with E-state index in [9.17, 15) is 9.59 Å². The van der Waals surface area contributed by atoms with Gasteiger partial charge in [-0.2, -0.15) is 0 Å². The molecule has 122 valence electrons. The van der Waals surface area contributed by atoms with Gasteiger partial charge in [0.25, 0.3) is 5.56 Å². The molecule has 0 fully saturated rings. The van der Waals surface area contributed by atoms with Crippen molar-refractivity contribution in [2.24, 2.45) is 0 Å². The average molecular weight is 322 g/mol. The van der Waals surface area contributed by atoms with Gasteiger partial charge in [0.1, 0.15) is 5.82 Å². The third kappa shape index (κ3) is 3.48. The molecule has 0 spiro atoms. The summed E-state index contributed by atoms with van der Waals surface area (Å²) in [5.74, 6) is 0.416. The summed E-state index contributed by atoms with van der Waals surface area (Å²) in [5.41, 5.74) is 2.55. The van der Waals surface area contributed by atoms with Gasteiger partial charge in [0.2, 0.25) is 5.91 Å². The number of aromatic nitrogens is 3. The van der Waals surface area contributed by atoms with Crippen LogP contribution in [0.2, 0.25) is 0 Å². The van der Waals surface area contributed by atoms with Crippen LogP contribution >= 0.6 is 0 Å². The summed E-state index contributed by atoms with van der Waals surface area (Å²) >= 11 is 0. The number of pyridine rings is 1. The van der Waals surface area contributed by atoms with Crippen molar-refractivity contribution < 1.29 is 4.79 Å². The van der Waals surface area contributed by atoms with Gasteiger partial charge in [0, 0.05) is 23.1 Å². The van der Waals surface area contributed by atoms with E-state index in [1.54, 1.807) is 20.0 Å². The van der Waals surface area contributed by atoms with Crippen LogP contribution in [0.4, 0.5) is 5.69 Å². The fraction of sp³-hybridized carbons (Fsp3) is 0.222. The Kier molecular flexibility index (Phi) is 4.37. The van der Waals surface area contributed by atoms with Crippen molar-refractivity contribution in [1.82, 2.24) is 15.0 Å². The second-order valence-electron chi connectivity index (χ2n) is 5.68. The van der Waals surface area contributed by atoms with Crippen LogP contribution in [-0.2, 0) is 11.2 Å². The lowest BCUT2D eigenvalue weighted by molar-refractivity contribution is -0.116. The molecule has 2 N–H and O–H groups in total. The van der Waals surface area contributed by atoms with Crippen LogP contribution in [0.5, 0.6) is 0 Å². The van der Waals surface area contributed by atoms with Crippen molar-refractivity contribution in [2.75, 3.05) is 5.32 Å². The maximum absolute atomic E-state index is 12.1. The Balaban J connectivity index is 1.68. The molecular formula is C18H18N4O2. The first-order valence-corrected chi connectivity index (χ1v) is 7.74. The molecule has 0 aliphatic heterocycles. The minimum atomic E-state index is -0.180. The smallest absolute Gasteiger partial charge is 0.254 e. The maximum Gasteiger partial charge on any atom is 0.254 e. The summed E-state index contributed by atoms with van der Waals surface area (Å²) in [6.07, 6.45) is 2.19. The van der Waals surface area contributed by atoms with Crippen LogP contribution in [0.15, 0.2) is 41.3 Å². The van der Waals surface area contributed by atoms with E-state index >= 15 is 0 Å². The van der Waals surface area contributed by atoms with Gasteiger partial charge in [-0.3, -0.25) is 14.6 Å². The van der Waals surface area contributed by atoms with Crippen LogP contribution in [-0.4, -0.2) is 20.9 Å². The quantitative estimate of drug-likeness (QED) is 0.772. The number of carbonyl (C=O) groups excluding carboxylic acids is 1. The first kappa shape index (κ1) is 15.9. The maximum atomic E-state index is 12.1. The van der Waals surface area contributed by atoms with Gasteiger partial charge in [-0.15, -0.1) is 0 Å². The number of aromatic amines is 1. The number of hydrogen-bond donors (Lipinski definition) is 2. The molecule has 0 atom stereocenters. The lowest BCUT2D eigenvalue weighted by Crippen LogP contribution is -2.20. The SMILES string of the molecule is Cc1nc(C)c(CCC(=O)Nc2cnc3ccccc3c2)c(=O)[nH]1. The lowest BCUT2D eigenvalue weighted by Gasteiger charge is -2.07. The lowest BCUT2D eigenvalue weighted by atomic mass is 10.1. The van der Waals surface area contributed by atoms with Crippen molar-refractivity contribution in [3.05, 3.63) is 64.0 Å². The molecule has 0 aliphatic rings.